The first-order valence-electron chi connectivity index (χ1n) is 14.8. The molecule has 0 aromatic carbocycles. The maximum absolute atomic E-state index is 10.4. The van der Waals surface area contributed by atoms with Crippen molar-refractivity contribution < 1.29 is 14.6 Å². The van der Waals surface area contributed by atoms with Gasteiger partial charge in [0.05, 0.1) is 13.0 Å². The normalized spacial score (nSPS) is 11.3. The molecule has 0 atom stereocenters. The van der Waals surface area contributed by atoms with Gasteiger partial charge in [0.25, 0.3) is 0 Å². The molecule has 0 aliphatic heterocycles. The quantitative estimate of drug-likeness (QED) is 0.108. The van der Waals surface area contributed by atoms with Crippen LogP contribution in [-0.4, -0.2) is 37.4 Å². The highest BCUT2D eigenvalue weighted by molar-refractivity contribution is 5.66. The summed E-state index contributed by atoms with van der Waals surface area (Å²) in [4.78, 5) is 10.4. The predicted molar refractivity (Wildman–Crippen MR) is 143 cm³/mol. The molecule has 0 amide bonds. The number of aliphatic carboxylic acids is 1. The van der Waals surface area contributed by atoms with E-state index in [9.17, 15) is 4.79 Å². The Balaban J connectivity index is 3.01. The number of ether oxygens (including phenoxy) is 1. The number of nitrogens with one attached hydrogen (secondary N) is 1. The van der Waals surface area contributed by atoms with E-state index >= 15 is 0 Å². The number of unbranched alkanes of at least 4 members (excludes halogenated alkanes) is 20. The Kier molecular flexibility index (Phi) is 28.9. The van der Waals surface area contributed by atoms with Crippen LogP contribution in [0.3, 0.4) is 0 Å². The molecule has 0 heterocycles. The van der Waals surface area contributed by atoms with E-state index in [1.807, 2.05) is 0 Å². The monoisotopic (exact) mass is 469 g/mol. The third-order valence-electron chi connectivity index (χ3n) is 6.53. The van der Waals surface area contributed by atoms with Crippen LogP contribution in [0.2, 0.25) is 0 Å². The Bertz CT molecular complexity index is 376. The van der Waals surface area contributed by atoms with Crippen LogP contribution in [0.25, 0.3) is 0 Å². The minimum absolute atomic E-state index is 0.123. The van der Waals surface area contributed by atoms with Gasteiger partial charge in [0.1, 0.15) is 0 Å². The van der Waals surface area contributed by atoms with Gasteiger partial charge >= 0.3 is 5.97 Å². The van der Waals surface area contributed by atoms with Crippen molar-refractivity contribution in [3.63, 3.8) is 0 Å². The van der Waals surface area contributed by atoms with E-state index in [2.05, 4.69) is 12.2 Å². The van der Waals surface area contributed by atoms with Crippen molar-refractivity contribution in [3.05, 3.63) is 0 Å². The van der Waals surface area contributed by atoms with Crippen LogP contribution in [0.5, 0.6) is 0 Å². The van der Waals surface area contributed by atoms with E-state index in [-0.39, 0.29) is 6.42 Å². The van der Waals surface area contributed by atoms with Crippen molar-refractivity contribution >= 4 is 5.97 Å². The molecule has 0 unspecified atom stereocenters. The van der Waals surface area contributed by atoms with Crippen molar-refractivity contribution in [2.75, 3.05) is 26.3 Å². The smallest absolute Gasteiger partial charge is 0.305 e. The Morgan fingerprint density at radius 1 is 0.545 bits per heavy atom. The average Bonchev–Trinajstić information content (AvgIpc) is 2.80. The second kappa shape index (κ2) is 29.4. The topological polar surface area (TPSA) is 58.6 Å². The summed E-state index contributed by atoms with van der Waals surface area (Å²) in [5.41, 5.74) is 0. The zero-order chi connectivity index (χ0) is 24.1. The fourth-order valence-corrected chi connectivity index (χ4v) is 4.38. The van der Waals surface area contributed by atoms with E-state index in [1.165, 1.54) is 148 Å². The van der Waals surface area contributed by atoms with Gasteiger partial charge in [0.2, 0.25) is 0 Å². The molecule has 198 valence electrons. The lowest BCUT2D eigenvalue weighted by Crippen LogP contribution is -2.15. The van der Waals surface area contributed by atoms with E-state index in [0.29, 0.717) is 13.2 Å². The summed E-state index contributed by atoms with van der Waals surface area (Å²) in [5, 5.41) is 12.0. The largest absolute Gasteiger partial charge is 0.481 e. The van der Waals surface area contributed by atoms with E-state index in [0.717, 1.165) is 6.42 Å². The number of hydrogen-bond donors (Lipinski definition) is 2. The summed E-state index contributed by atoms with van der Waals surface area (Å²) in [6.07, 6.45) is 30.5. The maximum atomic E-state index is 10.4. The van der Waals surface area contributed by atoms with Crippen molar-refractivity contribution in [1.29, 1.82) is 0 Å². The lowest BCUT2D eigenvalue weighted by atomic mass is 10.0. The summed E-state index contributed by atoms with van der Waals surface area (Å²) in [6, 6.07) is 0. The molecule has 0 fully saturated rings. The molecule has 0 saturated heterocycles. The molecular formula is C29H59NO3. The lowest BCUT2D eigenvalue weighted by Gasteiger charge is -2.05. The first-order valence-corrected chi connectivity index (χ1v) is 14.8. The summed E-state index contributed by atoms with van der Waals surface area (Å²) >= 11 is 0. The fourth-order valence-electron chi connectivity index (χ4n) is 4.38. The summed E-state index contributed by atoms with van der Waals surface area (Å²) < 4.78 is 5.31. The molecule has 0 saturated carbocycles. The van der Waals surface area contributed by atoms with Gasteiger partial charge < -0.3 is 15.2 Å². The summed E-state index contributed by atoms with van der Waals surface area (Å²) in [5.74, 6) is -0.775. The van der Waals surface area contributed by atoms with Crippen LogP contribution < -0.4 is 5.32 Å². The molecule has 0 aliphatic carbocycles. The second-order valence-corrected chi connectivity index (χ2v) is 9.93. The molecule has 0 aromatic rings. The zero-order valence-corrected chi connectivity index (χ0v) is 22.4. The minimum atomic E-state index is -0.775. The van der Waals surface area contributed by atoms with Crippen LogP contribution in [0.4, 0.5) is 0 Å². The highest BCUT2D eigenvalue weighted by Crippen LogP contribution is 2.15. The third-order valence-corrected chi connectivity index (χ3v) is 6.53. The van der Waals surface area contributed by atoms with Crippen LogP contribution in [0.1, 0.15) is 155 Å². The van der Waals surface area contributed by atoms with Gasteiger partial charge in [0, 0.05) is 6.61 Å². The zero-order valence-electron chi connectivity index (χ0n) is 22.4. The third kappa shape index (κ3) is 31.4. The van der Waals surface area contributed by atoms with Gasteiger partial charge in [-0.25, -0.2) is 0 Å². The average molecular weight is 470 g/mol. The van der Waals surface area contributed by atoms with E-state index < -0.39 is 5.97 Å². The molecule has 33 heavy (non-hydrogen) atoms. The maximum Gasteiger partial charge on any atom is 0.305 e. The molecule has 4 heteroatoms. The fraction of sp³-hybridized carbons (Fsp3) is 0.966. The van der Waals surface area contributed by atoms with Crippen LogP contribution in [0, 0.1) is 0 Å². The van der Waals surface area contributed by atoms with Gasteiger partial charge in [-0.3, -0.25) is 4.79 Å². The van der Waals surface area contributed by atoms with Crippen LogP contribution in [0.15, 0.2) is 0 Å². The molecular weight excluding hydrogens is 410 g/mol. The Morgan fingerprint density at radius 3 is 1.27 bits per heavy atom. The lowest BCUT2D eigenvalue weighted by molar-refractivity contribution is -0.138. The molecule has 0 aromatic heterocycles. The van der Waals surface area contributed by atoms with Crippen molar-refractivity contribution in [1.82, 2.24) is 5.32 Å². The number of carboxylic acids is 1. The van der Waals surface area contributed by atoms with E-state index in [1.54, 1.807) is 0 Å². The first-order chi connectivity index (χ1) is 16.3. The summed E-state index contributed by atoms with van der Waals surface area (Å²) in [6.45, 7) is 5.69. The number of carbonyl (C=O) groups is 1. The SMILES string of the molecule is CCCNCCCCCCCCCCCCCCCCCCCCCCCOCCC(=O)O. The van der Waals surface area contributed by atoms with Crippen molar-refractivity contribution in [2.24, 2.45) is 0 Å². The Labute approximate surface area is 207 Å². The minimum Gasteiger partial charge on any atom is -0.481 e. The predicted octanol–water partition coefficient (Wildman–Crippen LogP) is 8.67. The molecule has 0 aliphatic rings. The number of carboxylic acid groups (broad SMARTS) is 1. The van der Waals surface area contributed by atoms with Gasteiger partial charge in [-0.05, 0) is 32.4 Å². The molecule has 0 bridgehead atoms. The Hall–Kier alpha value is -0.610. The van der Waals surface area contributed by atoms with Gasteiger partial charge in [0.15, 0.2) is 0 Å². The van der Waals surface area contributed by atoms with Crippen LogP contribution >= 0.6 is 0 Å². The highest BCUT2D eigenvalue weighted by Gasteiger charge is 1.97. The molecule has 4 nitrogen and oxygen atoms in total. The van der Waals surface area contributed by atoms with Gasteiger partial charge in [-0.1, -0.05) is 129 Å². The molecule has 0 rings (SSSR count). The number of hydrogen-bond acceptors (Lipinski definition) is 3. The second-order valence-electron chi connectivity index (χ2n) is 9.93. The van der Waals surface area contributed by atoms with Crippen molar-refractivity contribution in [3.8, 4) is 0 Å². The van der Waals surface area contributed by atoms with Crippen LogP contribution in [-0.2, 0) is 9.53 Å². The van der Waals surface area contributed by atoms with Gasteiger partial charge in [-0.2, -0.15) is 0 Å². The van der Waals surface area contributed by atoms with Crippen molar-refractivity contribution in [2.45, 2.75) is 155 Å². The first kappa shape index (κ1) is 32.4. The number of rotatable bonds is 29. The summed E-state index contributed by atoms with van der Waals surface area (Å²) in [7, 11) is 0. The molecule has 0 spiro atoms. The molecule has 2 N–H and O–H groups in total. The highest BCUT2D eigenvalue weighted by atomic mass is 16.5. The standard InChI is InChI=1S/C29H59NO3/c1-2-25-30-26-22-20-18-16-14-12-10-8-6-4-3-5-7-9-11-13-15-17-19-21-23-27-33-28-24-29(31)32/h30H,2-28H2,1H3,(H,31,32). The molecule has 0 radical (unpaired) electrons. The van der Waals surface area contributed by atoms with E-state index in [4.69, 9.17) is 9.84 Å². The Morgan fingerprint density at radius 2 is 0.909 bits per heavy atom. The van der Waals surface area contributed by atoms with Gasteiger partial charge in [-0.15, -0.1) is 0 Å².